The second kappa shape index (κ2) is 9.45. The van der Waals surface area contributed by atoms with Crippen LogP contribution in [0.25, 0.3) is 0 Å². The van der Waals surface area contributed by atoms with Gasteiger partial charge in [-0.1, -0.05) is 44.2 Å². The Morgan fingerprint density at radius 3 is 2.43 bits per heavy atom. The predicted molar refractivity (Wildman–Crippen MR) is 86.4 cm³/mol. The van der Waals surface area contributed by atoms with Crippen LogP contribution >= 0.6 is 11.8 Å². The molecule has 1 aromatic rings. The van der Waals surface area contributed by atoms with E-state index in [4.69, 9.17) is 5.11 Å². The summed E-state index contributed by atoms with van der Waals surface area (Å²) in [6.07, 6.45) is 0.932. The maximum absolute atomic E-state index is 11.7. The topological polar surface area (TPSA) is 66.4 Å². The molecule has 1 aromatic carbocycles. The second-order valence-electron chi connectivity index (χ2n) is 5.38. The Kier molecular flexibility index (Phi) is 7.90. The summed E-state index contributed by atoms with van der Waals surface area (Å²) >= 11 is 1.12. The summed E-state index contributed by atoms with van der Waals surface area (Å²) in [6.45, 7) is 4.93. The number of carboxylic acids is 1. The average Bonchev–Trinajstić information content (AvgIpc) is 2.43. The fourth-order valence-electron chi connectivity index (χ4n) is 1.99. The standard InChI is InChI=1S/C16H23NO3S/c1-12(2)14(8-13-6-4-3-5-7-13)9-17-15(18)10-21-11-16(19)20/h3-7,12,14H,8-11H2,1-2H3,(H,17,18)(H,19,20). The molecule has 0 radical (unpaired) electrons. The lowest BCUT2D eigenvalue weighted by atomic mass is 9.89. The molecule has 5 heteroatoms. The van der Waals surface area contributed by atoms with Crippen LogP contribution in [-0.4, -0.2) is 35.0 Å². The molecule has 0 saturated carbocycles. The number of nitrogens with one attached hydrogen (secondary N) is 1. The van der Waals surface area contributed by atoms with Gasteiger partial charge < -0.3 is 10.4 Å². The number of carbonyl (C=O) groups is 2. The van der Waals surface area contributed by atoms with Crippen molar-refractivity contribution in [2.45, 2.75) is 20.3 Å². The van der Waals surface area contributed by atoms with Gasteiger partial charge in [0.15, 0.2) is 0 Å². The van der Waals surface area contributed by atoms with Gasteiger partial charge >= 0.3 is 5.97 Å². The number of carboxylic acid groups (broad SMARTS) is 1. The fourth-order valence-corrected chi connectivity index (χ4v) is 2.55. The number of thioether (sulfide) groups is 1. The molecule has 0 aromatic heterocycles. The Labute approximate surface area is 130 Å². The molecular formula is C16H23NO3S. The van der Waals surface area contributed by atoms with Gasteiger partial charge in [0.2, 0.25) is 5.91 Å². The van der Waals surface area contributed by atoms with Crippen molar-refractivity contribution in [3.8, 4) is 0 Å². The van der Waals surface area contributed by atoms with Crippen LogP contribution in [0.15, 0.2) is 30.3 Å². The van der Waals surface area contributed by atoms with Gasteiger partial charge in [0.1, 0.15) is 0 Å². The van der Waals surface area contributed by atoms with Gasteiger partial charge in [-0.3, -0.25) is 9.59 Å². The molecule has 1 atom stereocenters. The summed E-state index contributed by atoms with van der Waals surface area (Å²) in [5, 5.41) is 11.4. The number of carbonyl (C=O) groups excluding carboxylic acids is 1. The Balaban J connectivity index is 2.37. The fraction of sp³-hybridized carbons (Fsp3) is 0.500. The summed E-state index contributed by atoms with van der Waals surface area (Å²) in [5.41, 5.74) is 1.27. The van der Waals surface area contributed by atoms with Crippen LogP contribution in [-0.2, 0) is 16.0 Å². The first kappa shape index (κ1) is 17.6. The molecular weight excluding hydrogens is 286 g/mol. The maximum atomic E-state index is 11.7. The molecule has 0 saturated heterocycles. The van der Waals surface area contributed by atoms with Crippen LogP contribution in [0.1, 0.15) is 19.4 Å². The van der Waals surface area contributed by atoms with Gasteiger partial charge in [0.05, 0.1) is 11.5 Å². The third-order valence-electron chi connectivity index (χ3n) is 3.30. The van der Waals surface area contributed by atoms with Gasteiger partial charge in [-0.2, -0.15) is 0 Å². The van der Waals surface area contributed by atoms with Gasteiger partial charge in [0, 0.05) is 6.54 Å². The minimum atomic E-state index is -0.892. The maximum Gasteiger partial charge on any atom is 0.313 e. The van der Waals surface area contributed by atoms with Crippen LogP contribution in [0.4, 0.5) is 0 Å². The average molecular weight is 309 g/mol. The SMILES string of the molecule is CC(C)C(CNC(=O)CSCC(=O)O)Cc1ccccc1. The summed E-state index contributed by atoms with van der Waals surface area (Å²) in [5.74, 6) is 0.0166. The first-order valence-corrected chi connectivity index (χ1v) is 8.24. The lowest BCUT2D eigenvalue weighted by Gasteiger charge is -2.21. The van der Waals surface area contributed by atoms with E-state index in [9.17, 15) is 9.59 Å². The second-order valence-corrected chi connectivity index (χ2v) is 6.37. The van der Waals surface area contributed by atoms with Crippen LogP contribution in [0, 0.1) is 11.8 Å². The summed E-state index contributed by atoms with van der Waals surface area (Å²) in [4.78, 5) is 22.1. The third kappa shape index (κ3) is 7.75. The Morgan fingerprint density at radius 2 is 1.86 bits per heavy atom. The first-order valence-electron chi connectivity index (χ1n) is 7.09. The van der Waals surface area contributed by atoms with Gasteiger partial charge in [0.25, 0.3) is 0 Å². The minimum absolute atomic E-state index is 0.0367. The zero-order valence-electron chi connectivity index (χ0n) is 12.5. The van der Waals surface area contributed by atoms with E-state index in [0.29, 0.717) is 18.4 Å². The van der Waals surface area contributed by atoms with E-state index in [2.05, 4.69) is 31.3 Å². The van der Waals surface area contributed by atoms with Crippen molar-refractivity contribution in [1.82, 2.24) is 5.32 Å². The molecule has 1 amide bonds. The van der Waals surface area contributed by atoms with Crippen LogP contribution in [0.5, 0.6) is 0 Å². The molecule has 0 spiro atoms. The van der Waals surface area contributed by atoms with Gasteiger partial charge in [-0.05, 0) is 23.8 Å². The van der Waals surface area contributed by atoms with Crippen molar-refractivity contribution in [2.24, 2.45) is 11.8 Å². The highest BCUT2D eigenvalue weighted by Crippen LogP contribution is 2.16. The molecule has 2 N–H and O–H groups in total. The number of hydrogen-bond acceptors (Lipinski definition) is 3. The van der Waals surface area contributed by atoms with Crippen LogP contribution < -0.4 is 5.32 Å². The van der Waals surface area contributed by atoms with Crippen molar-refractivity contribution in [3.05, 3.63) is 35.9 Å². The van der Waals surface area contributed by atoms with E-state index in [1.807, 2.05) is 18.2 Å². The molecule has 21 heavy (non-hydrogen) atoms. The van der Waals surface area contributed by atoms with Crippen molar-refractivity contribution in [3.63, 3.8) is 0 Å². The Morgan fingerprint density at radius 1 is 1.19 bits per heavy atom. The Hall–Kier alpha value is -1.49. The zero-order valence-corrected chi connectivity index (χ0v) is 13.4. The third-order valence-corrected chi connectivity index (χ3v) is 4.22. The predicted octanol–water partition coefficient (Wildman–Crippen LogP) is 2.44. The number of rotatable bonds is 9. The summed E-state index contributed by atoms with van der Waals surface area (Å²) < 4.78 is 0. The number of benzene rings is 1. The van der Waals surface area contributed by atoms with Crippen molar-refractivity contribution < 1.29 is 14.7 Å². The summed E-state index contributed by atoms with van der Waals surface area (Å²) in [6, 6.07) is 10.2. The van der Waals surface area contributed by atoms with Crippen LogP contribution in [0.2, 0.25) is 0 Å². The lowest BCUT2D eigenvalue weighted by molar-refractivity contribution is -0.133. The molecule has 116 valence electrons. The van der Waals surface area contributed by atoms with E-state index in [0.717, 1.165) is 18.2 Å². The van der Waals surface area contributed by atoms with Crippen molar-refractivity contribution in [1.29, 1.82) is 0 Å². The molecule has 4 nitrogen and oxygen atoms in total. The first-order chi connectivity index (χ1) is 9.99. The van der Waals surface area contributed by atoms with E-state index < -0.39 is 5.97 Å². The number of aliphatic carboxylic acids is 1. The van der Waals surface area contributed by atoms with Crippen LogP contribution in [0.3, 0.4) is 0 Å². The highest BCUT2D eigenvalue weighted by atomic mass is 32.2. The monoisotopic (exact) mass is 309 g/mol. The molecule has 1 rings (SSSR count). The molecule has 0 fully saturated rings. The van der Waals surface area contributed by atoms with Crippen molar-refractivity contribution in [2.75, 3.05) is 18.1 Å². The van der Waals surface area contributed by atoms with E-state index in [1.165, 1.54) is 5.56 Å². The number of hydrogen-bond donors (Lipinski definition) is 2. The highest BCUT2D eigenvalue weighted by molar-refractivity contribution is 8.00. The molecule has 0 aliphatic heterocycles. The largest absolute Gasteiger partial charge is 0.481 e. The van der Waals surface area contributed by atoms with E-state index in [-0.39, 0.29) is 17.4 Å². The van der Waals surface area contributed by atoms with Gasteiger partial charge in [-0.15, -0.1) is 11.8 Å². The normalized spacial score (nSPS) is 12.1. The van der Waals surface area contributed by atoms with E-state index >= 15 is 0 Å². The smallest absolute Gasteiger partial charge is 0.313 e. The Bertz CT molecular complexity index is 448. The highest BCUT2D eigenvalue weighted by Gasteiger charge is 2.15. The zero-order chi connectivity index (χ0) is 15.7. The van der Waals surface area contributed by atoms with Gasteiger partial charge in [-0.25, -0.2) is 0 Å². The molecule has 0 bridgehead atoms. The summed E-state index contributed by atoms with van der Waals surface area (Å²) in [7, 11) is 0. The molecule has 0 aliphatic rings. The number of amides is 1. The molecule has 0 heterocycles. The lowest BCUT2D eigenvalue weighted by Crippen LogP contribution is -2.33. The van der Waals surface area contributed by atoms with E-state index in [1.54, 1.807) is 0 Å². The minimum Gasteiger partial charge on any atom is -0.481 e. The van der Waals surface area contributed by atoms with Crippen molar-refractivity contribution >= 4 is 23.6 Å². The molecule has 1 unspecified atom stereocenters. The quantitative estimate of drug-likeness (QED) is 0.735. The molecule has 0 aliphatic carbocycles.